The molecule has 0 spiro atoms. The van der Waals surface area contributed by atoms with Gasteiger partial charge in [0.05, 0.1) is 34.7 Å². The molecule has 0 aliphatic rings. The summed E-state index contributed by atoms with van der Waals surface area (Å²) in [4.78, 5) is 9.23. The Bertz CT molecular complexity index is 1090. The molecule has 4 aromatic rings. The lowest BCUT2D eigenvalue weighted by atomic mass is 10.2. The van der Waals surface area contributed by atoms with Crippen LogP contribution in [0.25, 0.3) is 21.9 Å². The van der Waals surface area contributed by atoms with Crippen LogP contribution < -0.4 is 10.1 Å². The van der Waals surface area contributed by atoms with Crippen molar-refractivity contribution < 1.29 is 4.74 Å². The normalized spacial score (nSPS) is 11.2. The minimum absolute atomic E-state index is 0.644. The monoisotopic (exact) mass is 410 g/mol. The summed E-state index contributed by atoms with van der Waals surface area (Å²) in [5, 5.41) is 4.56. The maximum Gasteiger partial charge on any atom is 0.135 e. The minimum Gasteiger partial charge on any atom is -0.495 e. The lowest BCUT2D eigenvalue weighted by molar-refractivity contribution is 0.412. The van der Waals surface area contributed by atoms with Crippen molar-refractivity contribution >= 4 is 43.6 Å². The van der Waals surface area contributed by atoms with Crippen molar-refractivity contribution in [3.63, 3.8) is 0 Å². The summed E-state index contributed by atoms with van der Waals surface area (Å²) in [7, 11) is 1.66. The number of nitrogens with zero attached hydrogens (tertiary/aromatic N) is 3. The van der Waals surface area contributed by atoms with Gasteiger partial charge in [-0.2, -0.15) is 0 Å². The second-order valence-electron chi connectivity index (χ2n) is 5.98. The molecule has 0 atom stereocenters. The molecule has 2 aromatic heterocycles. The third kappa shape index (κ3) is 2.90. The number of anilines is 1. The minimum atomic E-state index is 0.644. The lowest BCUT2D eigenvalue weighted by Gasteiger charge is -2.12. The number of nitrogens with one attached hydrogen (secondary N) is 1. The lowest BCUT2D eigenvalue weighted by Crippen LogP contribution is -2.08. The van der Waals surface area contributed by atoms with Gasteiger partial charge in [0.15, 0.2) is 0 Å². The highest BCUT2D eigenvalue weighted by molar-refractivity contribution is 9.10. The summed E-state index contributed by atoms with van der Waals surface area (Å²) >= 11 is 3.56. The Balaban J connectivity index is 1.69. The van der Waals surface area contributed by atoms with E-state index < -0.39 is 0 Å². The Kier molecular flexibility index (Phi) is 4.51. The number of pyridine rings is 1. The van der Waals surface area contributed by atoms with Gasteiger partial charge < -0.3 is 14.6 Å². The second kappa shape index (κ2) is 6.96. The Morgan fingerprint density at radius 1 is 1.15 bits per heavy atom. The van der Waals surface area contributed by atoms with Crippen LogP contribution in [0.2, 0.25) is 0 Å². The number of rotatable bonds is 5. The number of benzene rings is 2. The molecular formula is C20H19BrN4O. The van der Waals surface area contributed by atoms with E-state index in [0.717, 1.165) is 44.7 Å². The molecule has 1 N–H and O–H groups in total. The van der Waals surface area contributed by atoms with Crippen LogP contribution in [0.3, 0.4) is 0 Å². The first-order chi connectivity index (χ1) is 12.7. The third-order valence-electron chi connectivity index (χ3n) is 4.50. The van der Waals surface area contributed by atoms with Crippen molar-refractivity contribution in [2.24, 2.45) is 0 Å². The molecule has 0 aliphatic heterocycles. The quantitative estimate of drug-likeness (QED) is 0.503. The van der Waals surface area contributed by atoms with Crippen LogP contribution in [0.5, 0.6) is 5.75 Å². The molecule has 0 radical (unpaired) electrons. The molecule has 5 nitrogen and oxygen atoms in total. The number of para-hydroxylation sites is 2. The topological polar surface area (TPSA) is 52.0 Å². The van der Waals surface area contributed by atoms with Gasteiger partial charge in [0, 0.05) is 29.9 Å². The number of halogens is 1. The standard InChI is InChI=1S/C20H19BrN4O/c1-3-25-18-7-5-4-6-16(18)24-20(25)12-23-15-8-9-22-17-11-19(26-2)14(21)10-13(15)17/h4-11H,3,12H2,1-2H3,(H,22,23). The largest absolute Gasteiger partial charge is 0.495 e. The number of imidazole rings is 1. The van der Waals surface area contributed by atoms with Crippen LogP contribution in [0.15, 0.2) is 53.1 Å². The van der Waals surface area contributed by atoms with E-state index in [9.17, 15) is 0 Å². The first kappa shape index (κ1) is 16.8. The van der Waals surface area contributed by atoms with Gasteiger partial charge in [-0.3, -0.25) is 4.98 Å². The molecule has 0 saturated heterocycles. The van der Waals surface area contributed by atoms with Crippen LogP contribution in [-0.4, -0.2) is 21.6 Å². The molecule has 26 heavy (non-hydrogen) atoms. The highest BCUT2D eigenvalue weighted by Crippen LogP contribution is 2.32. The number of hydrogen-bond donors (Lipinski definition) is 1. The second-order valence-corrected chi connectivity index (χ2v) is 6.83. The van der Waals surface area contributed by atoms with E-state index in [-0.39, 0.29) is 0 Å². The molecule has 0 bridgehead atoms. The van der Waals surface area contributed by atoms with E-state index >= 15 is 0 Å². The molecule has 2 heterocycles. The fraction of sp³-hybridized carbons (Fsp3) is 0.200. The maximum absolute atomic E-state index is 5.37. The fourth-order valence-electron chi connectivity index (χ4n) is 3.25. The highest BCUT2D eigenvalue weighted by atomic mass is 79.9. The van der Waals surface area contributed by atoms with Crippen molar-refractivity contribution in [2.75, 3.05) is 12.4 Å². The average Bonchev–Trinajstić information content (AvgIpc) is 3.03. The van der Waals surface area contributed by atoms with Gasteiger partial charge in [-0.25, -0.2) is 4.98 Å². The smallest absolute Gasteiger partial charge is 0.135 e. The predicted octanol–water partition coefficient (Wildman–Crippen LogP) is 4.99. The third-order valence-corrected chi connectivity index (χ3v) is 5.12. The zero-order chi connectivity index (χ0) is 18.1. The van der Waals surface area contributed by atoms with E-state index in [1.165, 1.54) is 5.52 Å². The average molecular weight is 411 g/mol. The summed E-state index contributed by atoms with van der Waals surface area (Å²) in [5.74, 6) is 1.79. The van der Waals surface area contributed by atoms with Crippen molar-refractivity contribution in [1.29, 1.82) is 0 Å². The molecule has 2 aromatic carbocycles. The van der Waals surface area contributed by atoms with Gasteiger partial charge in [0.2, 0.25) is 0 Å². The van der Waals surface area contributed by atoms with Crippen LogP contribution in [-0.2, 0) is 13.1 Å². The van der Waals surface area contributed by atoms with Crippen LogP contribution >= 0.6 is 15.9 Å². The van der Waals surface area contributed by atoms with Crippen molar-refractivity contribution in [3.05, 3.63) is 59.0 Å². The summed E-state index contributed by atoms with van der Waals surface area (Å²) in [6, 6.07) is 14.2. The first-order valence-electron chi connectivity index (χ1n) is 8.51. The van der Waals surface area contributed by atoms with E-state index in [0.29, 0.717) is 6.54 Å². The van der Waals surface area contributed by atoms with Crippen molar-refractivity contribution in [3.8, 4) is 5.75 Å². The summed E-state index contributed by atoms with van der Waals surface area (Å²) in [6.45, 7) is 3.67. The van der Waals surface area contributed by atoms with Gasteiger partial charge in [-0.1, -0.05) is 12.1 Å². The molecule has 0 unspecified atom stereocenters. The summed E-state index contributed by atoms with van der Waals surface area (Å²) < 4.78 is 8.51. The van der Waals surface area contributed by atoms with Gasteiger partial charge >= 0.3 is 0 Å². The zero-order valence-corrected chi connectivity index (χ0v) is 16.2. The van der Waals surface area contributed by atoms with Crippen LogP contribution in [0, 0.1) is 0 Å². The molecule has 0 amide bonds. The highest BCUT2D eigenvalue weighted by Gasteiger charge is 2.11. The molecule has 0 aliphatic carbocycles. The van der Waals surface area contributed by atoms with Crippen molar-refractivity contribution in [2.45, 2.75) is 20.0 Å². The van der Waals surface area contributed by atoms with Crippen molar-refractivity contribution in [1.82, 2.24) is 14.5 Å². The van der Waals surface area contributed by atoms with Crippen LogP contribution in [0.4, 0.5) is 5.69 Å². The zero-order valence-electron chi connectivity index (χ0n) is 14.7. The van der Waals surface area contributed by atoms with Gasteiger partial charge in [-0.15, -0.1) is 0 Å². The Labute approximate surface area is 160 Å². The summed E-state index contributed by atoms with van der Waals surface area (Å²) in [5.41, 5.74) is 4.10. The Morgan fingerprint density at radius 3 is 2.81 bits per heavy atom. The van der Waals surface area contributed by atoms with E-state index in [4.69, 9.17) is 9.72 Å². The number of methoxy groups -OCH3 is 1. The predicted molar refractivity (Wildman–Crippen MR) is 109 cm³/mol. The number of ether oxygens (including phenoxy) is 1. The number of aromatic nitrogens is 3. The number of fused-ring (bicyclic) bond motifs is 2. The summed E-state index contributed by atoms with van der Waals surface area (Å²) in [6.07, 6.45) is 1.81. The van der Waals surface area contributed by atoms with Gasteiger partial charge in [0.25, 0.3) is 0 Å². The molecular weight excluding hydrogens is 392 g/mol. The molecule has 0 fully saturated rings. The van der Waals surface area contributed by atoms with E-state index in [1.54, 1.807) is 13.3 Å². The van der Waals surface area contributed by atoms with Crippen LogP contribution in [0.1, 0.15) is 12.7 Å². The first-order valence-corrected chi connectivity index (χ1v) is 9.31. The van der Waals surface area contributed by atoms with E-state index in [2.05, 4.69) is 55.9 Å². The van der Waals surface area contributed by atoms with Gasteiger partial charge in [-0.05, 0) is 47.1 Å². The number of aryl methyl sites for hydroxylation is 1. The molecule has 0 saturated carbocycles. The maximum atomic E-state index is 5.37. The molecule has 6 heteroatoms. The molecule has 132 valence electrons. The van der Waals surface area contributed by atoms with E-state index in [1.807, 2.05) is 24.3 Å². The Hall–Kier alpha value is -2.60. The SMILES string of the molecule is CCn1c(CNc2ccnc3cc(OC)c(Br)cc23)nc2ccccc21. The number of hydrogen-bond acceptors (Lipinski definition) is 4. The van der Waals surface area contributed by atoms with Gasteiger partial charge in [0.1, 0.15) is 11.6 Å². The molecule has 4 rings (SSSR count). The fourth-order valence-corrected chi connectivity index (χ4v) is 3.75. The Morgan fingerprint density at radius 2 is 2.00 bits per heavy atom.